The zero-order valence-electron chi connectivity index (χ0n) is 17.7. The van der Waals surface area contributed by atoms with E-state index in [0.717, 1.165) is 23.7 Å². The summed E-state index contributed by atoms with van der Waals surface area (Å²) in [6, 6.07) is 15.5. The fourth-order valence-electron chi connectivity index (χ4n) is 5.56. The first-order valence-electron chi connectivity index (χ1n) is 10.8. The summed E-state index contributed by atoms with van der Waals surface area (Å²) < 4.78 is 1.89. The minimum absolute atomic E-state index is 0.000193. The number of carbonyl (C=O) groups excluding carboxylic acids is 1. The number of piperidine rings is 1. The van der Waals surface area contributed by atoms with Crippen molar-refractivity contribution in [2.75, 3.05) is 7.05 Å². The largest absolute Gasteiger partial charge is 0.349 e. The zero-order valence-corrected chi connectivity index (χ0v) is 17.7. The second-order valence-electron chi connectivity index (χ2n) is 8.77. The van der Waals surface area contributed by atoms with Gasteiger partial charge in [-0.3, -0.25) is 14.9 Å². The maximum Gasteiger partial charge on any atom is 0.278 e. The first-order valence-corrected chi connectivity index (χ1v) is 10.8. The molecule has 2 bridgehead atoms. The van der Waals surface area contributed by atoms with Crippen molar-refractivity contribution in [1.29, 1.82) is 0 Å². The highest BCUT2D eigenvalue weighted by molar-refractivity contribution is 6.13. The van der Waals surface area contributed by atoms with Crippen molar-refractivity contribution in [2.45, 2.75) is 43.8 Å². The van der Waals surface area contributed by atoms with Crippen LogP contribution in [0, 0.1) is 10.1 Å². The van der Waals surface area contributed by atoms with Crippen molar-refractivity contribution >= 4 is 22.5 Å². The molecular formula is C24H26N4O3. The Morgan fingerprint density at radius 2 is 1.68 bits per heavy atom. The lowest BCUT2D eigenvalue weighted by Gasteiger charge is -2.36. The Kier molecular flexibility index (Phi) is 4.78. The average Bonchev–Trinajstić information content (AvgIpc) is 3.15. The van der Waals surface area contributed by atoms with Crippen LogP contribution in [0.25, 0.3) is 22.2 Å². The lowest BCUT2D eigenvalue weighted by molar-refractivity contribution is -0.384. The summed E-state index contributed by atoms with van der Waals surface area (Å²) in [6.07, 6.45) is 4.27. The number of nitrogens with one attached hydrogen (secondary N) is 1. The summed E-state index contributed by atoms with van der Waals surface area (Å²) in [5, 5.41) is 15.8. The van der Waals surface area contributed by atoms with E-state index in [-0.39, 0.29) is 22.6 Å². The Bertz CT molecular complexity index is 1170. The maximum atomic E-state index is 13.6. The molecule has 7 nitrogen and oxygen atoms in total. The van der Waals surface area contributed by atoms with Gasteiger partial charge in [-0.15, -0.1) is 0 Å². The number of para-hydroxylation sites is 2. The molecule has 2 aromatic carbocycles. The first-order chi connectivity index (χ1) is 15.0. The Balaban J connectivity index is 1.59. The van der Waals surface area contributed by atoms with Crippen LogP contribution in [0.1, 0.15) is 36.0 Å². The van der Waals surface area contributed by atoms with E-state index < -0.39 is 0 Å². The average molecular weight is 418 g/mol. The number of aromatic nitrogens is 1. The van der Waals surface area contributed by atoms with Crippen LogP contribution in [-0.2, 0) is 7.05 Å². The number of rotatable bonds is 4. The Hall–Kier alpha value is -3.19. The predicted molar refractivity (Wildman–Crippen MR) is 120 cm³/mol. The Morgan fingerprint density at radius 1 is 1.03 bits per heavy atom. The highest BCUT2D eigenvalue weighted by Gasteiger charge is 2.39. The van der Waals surface area contributed by atoms with Gasteiger partial charge in [0.15, 0.2) is 0 Å². The van der Waals surface area contributed by atoms with Crippen LogP contribution in [0.15, 0.2) is 48.5 Å². The van der Waals surface area contributed by atoms with Crippen LogP contribution in [0.2, 0.25) is 0 Å². The smallest absolute Gasteiger partial charge is 0.278 e. The molecule has 2 unspecified atom stereocenters. The zero-order chi connectivity index (χ0) is 21.7. The van der Waals surface area contributed by atoms with Crippen molar-refractivity contribution in [3.63, 3.8) is 0 Å². The fraction of sp³-hybridized carbons (Fsp3) is 0.375. The lowest BCUT2D eigenvalue weighted by atomic mass is 9.97. The van der Waals surface area contributed by atoms with Gasteiger partial charge in [-0.1, -0.05) is 30.3 Å². The fourth-order valence-corrected chi connectivity index (χ4v) is 5.56. The van der Waals surface area contributed by atoms with Crippen molar-refractivity contribution in [1.82, 2.24) is 14.8 Å². The number of hydrogen-bond donors (Lipinski definition) is 1. The molecule has 2 aliphatic rings. The quantitative estimate of drug-likeness (QED) is 0.511. The topological polar surface area (TPSA) is 80.4 Å². The third kappa shape index (κ3) is 3.20. The van der Waals surface area contributed by atoms with Crippen molar-refractivity contribution in [3.8, 4) is 11.3 Å². The molecule has 2 atom stereocenters. The normalized spacial score (nSPS) is 23.2. The minimum Gasteiger partial charge on any atom is -0.349 e. The predicted octanol–water partition coefficient (Wildman–Crippen LogP) is 4.11. The summed E-state index contributed by atoms with van der Waals surface area (Å²) in [7, 11) is 4.04. The minimum atomic E-state index is -0.386. The van der Waals surface area contributed by atoms with Crippen molar-refractivity contribution in [2.24, 2.45) is 7.05 Å². The third-order valence-corrected chi connectivity index (χ3v) is 7.12. The number of nitrogens with zero attached hydrogens (tertiary/aromatic N) is 3. The summed E-state index contributed by atoms with van der Waals surface area (Å²) in [5.74, 6) is -0.154. The molecular weight excluding hydrogens is 392 g/mol. The van der Waals surface area contributed by atoms with Gasteiger partial charge in [0.05, 0.1) is 21.7 Å². The second-order valence-corrected chi connectivity index (χ2v) is 8.77. The van der Waals surface area contributed by atoms with Crippen LogP contribution >= 0.6 is 0 Å². The van der Waals surface area contributed by atoms with E-state index in [1.165, 1.54) is 18.9 Å². The number of carbonyl (C=O) groups is 1. The molecule has 5 rings (SSSR count). The van der Waals surface area contributed by atoms with Gasteiger partial charge < -0.3 is 14.8 Å². The van der Waals surface area contributed by atoms with Crippen LogP contribution < -0.4 is 5.32 Å². The molecule has 31 heavy (non-hydrogen) atoms. The SMILES string of the molecule is CN1C2CCC1CC(NC(=O)c1c(-c3ccccc3[N+](=O)[O-])n(C)c3ccccc13)C2. The number of fused-ring (bicyclic) bond motifs is 3. The van der Waals surface area contributed by atoms with Gasteiger partial charge in [0.25, 0.3) is 11.6 Å². The molecule has 1 aromatic heterocycles. The highest BCUT2D eigenvalue weighted by atomic mass is 16.6. The number of amides is 1. The van der Waals surface area contributed by atoms with Gasteiger partial charge in [-0.2, -0.15) is 0 Å². The molecule has 2 saturated heterocycles. The molecule has 3 aromatic rings. The number of hydrogen-bond acceptors (Lipinski definition) is 4. The summed E-state index contributed by atoms with van der Waals surface area (Å²) >= 11 is 0. The molecule has 2 fully saturated rings. The van der Waals surface area contributed by atoms with E-state index in [0.29, 0.717) is 28.9 Å². The lowest BCUT2D eigenvalue weighted by Crippen LogP contribution is -2.48. The molecule has 0 spiro atoms. The van der Waals surface area contributed by atoms with Gasteiger partial charge >= 0.3 is 0 Å². The van der Waals surface area contributed by atoms with Gasteiger partial charge in [0.1, 0.15) is 0 Å². The van der Waals surface area contributed by atoms with E-state index in [2.05, 4.69) is 17.3 Å². The molecule has 3 heterocycles. The summed E-state index contributed by atoms with van der Waals surface area (Å²) in [4.78, 5) is 27.4. The van der Waals surface area contributed by atoms with Crippen LogP contribution in [0.5, 0.6) is 0 Å². The van der Waals surface area contributed by atoms with Crippen LogP contribution in [0.4, 0.5) is 5.69 Å². The van der Waals surface area contributed by atoms with Crippen molar-refractivity contribution < 1.29 is 9.72 Å². The Morgan fingerprint density at radius 3 is 2.39 bits per heavy atom. The van der Waals surface area contributed by atoms with Crippen molar-refractivity contribution in [3.05, 3.63) is 64.2 Å². The number of nitro groups is 1. The standard InChI is InChI=1S/C24H26N4O3/c1-26-16-11-12-17(26)14-15(13-16)25-24(29)22-18-7-3-5-9-20(18)27(2)23(22)19-8-4-6-10-21(19)28(30)31/h3-10,15-17H,11-14H2,1-2H3,(H,25,29). The molecule has 160 valence electrons. The van der Waals surface area contributed by atoms with E-state index in [4.69, 9.17) is 0 Å². The van der Waals surface area contributed by atoms with Gasteiger partial charge in [-0.05, 0) is 44.9 Å². The van der Waals surface area contributed by atoms with E-state index in [1.807, 2.05) is 35.9 Å². The number of aryl methyl sites for hydroxylation is 1. The summed E-state index contributed by atoms with van der Waals surface area (Å²) in [5.41, 5.74) is 2.43. The summed E-state index contributed by atoms with van der Waals surface area (Å²) in [6.45, 7) is 0. The first kappa shape index (κ1) is 19.8. The second kappa shape index (κ2) is 7.50. The number of benzene rings is 2. The van der Waals surface area contributed by atoms with Gasteiger partial charge in [0, 0.05) is 42.1 Å². The van der Waals surface area contributed by atoms with Gasteiger partial charge in [-0.25, -0.2) is 0 Å². The maximum absolute atomic E-state index is 13.6. The molecule has 1 N–H and O–H groups in total. The molecule has 7 heteroatoms. The Labute approximate surface area is 180 Å². The number of nitro benzene ring substituents is 1. The monoisotopic (exact) mass is 418 g/mol. The van der Waals surface area contributed by atoms with Gasteiger partial charge in [0.2, 0.25) is 0 Å². The van der Waals surface area contributed by atoms with E-state index >= 15 is 0 Å². The highest BCUT2D eigenvalue weighted by Crippen LogP contribution is 2.38. The third-order valence-electron chi connectivity index (χ3n) is 7.12. The van der Waals surface area contributed by atoms with Crippen LogP contribution in [0.3, 0.4) is 0 Å². The molecule has 1 amide bonds. The van der Waals surface area contributed by atoms with Crippen LogP contribution in [-0.4, -0.2) is 45.5 Å². The molecule has 2 aliphatic heterocycles. The molecule has 0 aliphatic carbocycles. The van der Waals surface area contributed by atoms with E-state index in [9.17, 15) is 14.9 Å². The van der Waals surface area contributed by atoms with E-state index in [1.54, 1.807) is 18.2 Å². The molecule has 0 saturated carbocycles. The molecule has 0 radical (unpaired) electrons.